The van der Waals surface area contributed by atoms with Crippen molar-refractivity contribution in [1.29, 1.82) is 0 Å². The third kappa shape index (κ3) is 2.43. The second kappa shape index (κ2) is 5.37. The Labute approximate surface area is 114 Å². The van der Waals surface area contributed by atoms with Crippen LogP contribution < -0.4 is 15.4 Å². The van der Waals surface area contributed by atoms with Crippen LogP contribution in [0, 0.1) is 6.92 Å². The molecule has 0 aliphatic heterocycles. The minimum absolute atomic E-state index is 0.236. The molecule has 2 N–H and O–H groups in total. The van der Waals surface area contributed by atoms with Gasteiger partial charge in [-0.25, -0.2) is 0 Å². The van der Waals surface area contributed by atoms with Gasteiger partial charge in [-0.2, -0.15) is 0 Å². The van der Waals surface area contributed by atoms with Crippen molar-refractivity contribution in [3.8, 4) is 5.75 Å². The summed E-state index contributed by atoms with van der Waals surface area (Å²) in [5, 5.41) is 0.768. The highest BCUT2D eigenvalue weighted by atomic mass is 35.5. The van der Waals surface area contributed by atoms with Gasteiger partial charge in [-0.05, 0) is 43.9 Å². The molecule has 18 heavy (non-hydrogen) atoms. The van der Waals surface area contributed by atoms with Crippen LogP contribution in [0.1, 0.15) is 24.8 Å². The predicted molar refractivity (Wildman–Crippen MR) is 76.8 cm³/mol. The highest BCUT2D eigenvalue weighted by Crippen LogP contribution is 2.36. The number of benzene rings is 1. The molecule has 2 unspecified atom stereocenters. The van der Waals surface area contributed by atoms with Gasteiger partial charge in [-0.15, -0.1) is 0 Å². The lowest BCUT2D eigenvalue weighted by Gasteiger charge is -2.31. The number of aryl methyl sites for hydroxylation is 1. The van der Waals surface area contributed by atoms with E-state index in [4.69, 9.17) is 22.1 Å². The van der Waals surface area contributed by atoms with Crippen molar-refractivity contribution < 1.29 is 4.74 Å². The number of likely N-dealkylation sites (N-methyl/N-ethyl adjacent to an activating group) is 1. The van der Waals surface area contributed by atoms with Crippen molar-refractivity contribution in [2.24, 2.45) is 5.73 Å². The van der Waals surface area contributed by atoms with Gasteiger partial charge in [0.1, 0.15) is 5.75 Å². The van der Waals surface area contributed by atoms with Crippen LogP contribution >= 0.6 is 11.6 Å². The number of halogens is 1. The van der Waals surface area contributed by atoms with E-state index in [0.29, 0.717) is 6.04 Å². The molecule has 1 aromatic rings. The van der Waals surface area contributed by atoms with Crippen molar-refractivity contribution in [3.05, 3.63) is 22.7 Å². The fourth-order valence-corrected chi connectivity index (χ4v) is 2.87. The number of hydrogen-bond acceptors (Lipinski definition) is 3. The first-order chi connectivity index (χ1) is 8.54. The first kappa shape index (κ1) is 13.5. The predicted octanol–water partition coefficient (Wildman–Crippen LogP) is 2.97. The van der Waals surface area contributed by atoms with Gasteiger partial charge >= 0.3 is 0 Å². The van der Waals surface area contributed by atoms with E-state index in [-0.39, 0.29) is 6.04 Å². The summed E-state index contributed by atoms with van der Waals surface area (Å²) < 4.78 is 5.46. The zero-order chi connectivity index (χ0) is 13.3. The van der Waals surface area contributed by atoms with Crippen LogP contribution in [-0.2, 0) is 0 Å². The molecule has 0 saturated heterocycles. The van der Waals surface area contributed by atoms with Crippen LogP contribution in [-0.4, -0.2) is 26.2 Å². The first-order valence-corrected chi connectivity index (χ1v) is 6.75. The standard InChI is InChI=1S/C14H21ClN2O/c1-9-7-14(18-3)13(8-10(9)15)17(2)12-6-4-5-11(12)16/h7-8,11-12H,4-6,16H2,1-3H3. The average molecular weight is 269 g/mol. The van der Waals surface area contributed by atoms with Crippen molar-refractivity contribution in [3.63, 3.8) is 0 Å². The zero-order valence-corrected chi connectivity index (χ0v) is 12.0. The fourth-order valence-electron chi connectivity index (χ4n) is 2.71. The van der Waals surface area contributed by atoms with E-state index >= 15 is 0 Å². The Kier molecular flexibility index (Phi) is 4.03. The lowest BCUT2D eigenvalue weighted by Crippen LogP contribution is -2.42. The maximum absolute atomic E-state index is 6.22. The largest absolute Gasteiger partial charge is 0.495 e. The minimum atomic E-state index is 0.236. The van der Waals surface area contributed by atoms with Gasteiger partial charge in [0.2, 0.25) is 0 Å². The van der Waals surface area contributed by atoms with Crippen LogP contribution in [0.5, 0.6) is 5.75 Å². The Morgan fingerprint density at radius 1 is 1.39 bits per heavy atom. The summed E-state index contributed by atoms with van der Waals surface area (Å²) in [6.45, 7) is 1.98. The summed E-state index contributed by atoms with van der Waals surface area (Å²) in [6.07, 6.45) is 3.42. The van der Waals surface area contributed by atoms with E-state index in [1.165, 1.54) is 6.42 Å². The van der Waals surface area contributed by atoms with Gasteiger partial charge in [0.25, 0.3) is 0 Å². The molecule has 2 atom stereocenters. The highest BCUT2D eigenvalue weighted by molar-refractivity contribution is 6.31. The lowest BCUT2D eigenvalue weighted by atomic mass is 10.1. The van der Waals surface area contributed by atoms with Crippen LogP contribution in [0.25, 0.3) is 0 Å². The maximum atomic E-state index is 6.22. The smallest absolute Gasteiger partial charge is 0.142 e. The molecule has 0 amide bonds. The molecule has 100 valence electrons. The van der Waals surface area contributed by atoms with Gasteiger partial charge in [0, 0.05) is 24.2 Å². The third-order valence-electron chi connectivity index (χ3n) is 3.87. The number of rotatable bonds is 3. The molecular formula is C14H21ClN2O. The Morgan fingerprint density at radius 2 is 2.11 bits per heavy atom. The summed E-state index contributed by atoms with van der Waals surface area (Å²) in [6, 6.07) is 4.56. The van der Waals surface area contributed by atoms with Gasteiger partial charge in [-0.1, -0.05) is 11.6 Å². The quantitative estimate of drug-likeness (QED) is 0.916. The molecule has 1 saturated carbocycles. The number of hydrogen-bond donors (Lipinski definition) is 1. The topological polar surface area (TPSA) is 38.5 Å². The number of ether oxygens (including phenoxy) is 1. The molecule has 0 heterocycles. The summed E-state index contributed by atoms with van der Waals surface area (Å²) in [4.78, 5) is 2.21. The van der Waals surface area contributed by atoms with Crippen LogP contribution in [0.2, 0.25) is 5.02 Å². The molecule has 0 bridgehead atoms. The van der Waals surface area contributed by atoms with Gasteiger partial charge in [-0.3, -0.25) is 0 Å². The fraction of sp³-hybridized carbons (Fsp3) is 0.571. The lowest BCUT2D eigenvalue weighted by molar-refractivity contribution is 0.412. The number of nitrogens with two attached hydrogens (primary N) is 1. The average Bonchev–Trinajstić information content (AvgIpc) is 2.77. The van der Waals surface area contributed by atoms with E-state index in [1.807, 2.05) is 19.1 Å². The molecule has 1 aliphatic rings. The van der Waals surface area contributed by atoms with E-state index in [9.17, 15) is 0 Å². The number of methoxy groups -OCH3 is 1. The molecule has 0 spiro atoms. The van der Waals surface area contributed by atoms with E-state index in [0.717, 1.165) is 34.9 Å². The Balaban J connectivity index is 2.34. The monoisotopic (exact) mass is 268 g/mol. The Morgan fingerprint density at radius 3 is 2.67 bits per heavy atom. The number of anilines is 1. The molecule has 4 heteroatoms. The second-order valence-electron chi connectivity index (χ2n) is 5.05. The highest BCUT2D eigenvalue weighted by Gasteiger charge is 2.29. The second-order valence-corrected chi connectivity index (χ2v) is 5.45. The maximum Gasteiger partial charge on any atom is 0.142 e. The molecule has 1 fully saturated rings. The minimum Gasteiger partial charge on any atom is -0.495 e. The molecule has 1 aliphatic carbocycles. The SMILES string of the molecule is COc1cc(C)c(Cl)cc1N(C)C1CCCC1N. The third-order valence-corrected chi connectivity index (χ3v) is 4.28. The van der Waals surface area contributed by atoms with Gasteiger partial charge in [0.05, 0.1) is 12.8 Å². The van der Waals surface area contributed by atoms with E-state index < -0.39 is 0 Å². The molecule has 3 nitrogen and oxygen atoms in total. The molecule has 0 radical (unpaired) electrons. The number of nitrogens with zero attached hydrogens (tertiary/aromatic N) is 1. The van der Waals surface area contributed by atoms with Crippen LogP contribution in [0.4, 0.5) is 5.69 Å². The summed E-state index contributed by atoms with van der Waals surface area (Å²) >= 11 is 6.22. The van der Waals surface area contributed by atoms with E-state index in [1.54, 1.807) is 7.11 Å². The summed E-state index contributed by atoms with van der Waals surface area (Å²) in [7, 11) is 3.76. The van der Waals surface area contributed by atoms with E-state index in [2.05, 4.69) is 11.9 Å². The molecule has 1 aromatic carbocycles. The normalized spacial score (nSPS) is 23.2. The summed E-state index contributed by atoms with van der Waals surface area (Å²) in [5.74, 6) is 0.860. The van der Waals surface area contributed by atoms with Crippen molar-refractivity contribution in [2.75, 3.05) is 19.1 Å². The van der Waals surface area contributed by atoms with Crippen molar-refractivity contribution in [2.45, 2.75) is 38.3 Å². The van der Waals surface area contributed by atoms with Crippen molar-refractivity contribution >= 4 is 17.3 Å². The zero-order valence-electron chi connectivity index (χ0n) is 11.2. The molecule has 0 aromatic heterocycles. The first-order valence-electron chi connectivity index (χ1n) is 6.37. The Bertz CT molecular complexity index is 436. The molecular weight excluding hydrogens is 248 g/mol. The molecule has 2 rings (SSSR count). The Hall–Kier alpha value is -0.930. The summed E-state index contributed by atoms with van der Waals surface area (Å²) in [5.41, 5.74) is 8.21. The van der Waals surface area contributed by atoms with Crippen LogP contribution in [0.3, 0.4) is 0 Å². The van der Waals surface area contributed by atoms with Crippen molar-refractivity contribution in [1.82, 2.24) is 0 Å². The van der Waals surface area contributed by atoms with Gasteiger partial charge in [0.15, 0.2) is 0 Å². The van der Waals surface area contributed by atoms with Gasteiger partial charge < -0.3 is 15.4 Å². The van der Waals surface area contributed by atoms with Crippen LogP contribution in [0.15, 0.2) is 12.1 Å².